The number of rotatable bonds is 7. The zero-order chi connectivity index (χ0) is 19.9. The number of halogens is 1. The molecule has 0 fully saturated rings. The maximum absolute atomic E-state index is 14.1. The van der Waals surface area contributed by atoms with Crippen LogP contribution in [0.3, 0.4) is 0 Å². The van der Waals surface area contributed by atoms with Crippen molar-refractivity contribution in [2.24, 2.45) is 0 Å². The molecule has 0 aliphatic heterocycles. The number of nitrogens with zero attached hydrogens (tertiary/aromatic N) is 1. The standard InChI is InChI=1S/C22H21FN2O3/c1-16-19(11-12-28-16)22(27)24-13-21(26)25(14-17-7-3-2-4-8-17)15-18-9-5-6-10-20(18)23/h2-12H,13-15H2,1H3,(H,24,27). The van der Waals surface area contributed by atoms with Crippen LogP contribution in [0.25, 0.3) is 0 Å². The van der Waals surface area contributed by atoms with Crippen molar-refractivity contribution in [2.75, 3.05) is 6.54 Å². The van der Waals surface area contributed by atoms with Crippen molar-refractivity contribution < 1.29 is 18.4 Å². The van der Waals surface area contributed by atoms with Crippen molar-refractivity contribution >= 4 is 11.8 Å². The summed E-state index contributed by atoms with van der Waals surface area (Å²) in [6.45, 7) is 1.91. The van der Waals surface area contributed by atoms with Crippen LogP contribution in [-0.2, 0) is 17.9 Å². The van der Waals surface area contributed by atoms with Crippen molar-refractivity contribution in [3.05, 3.63) is 95.2 Å². The van der Waals surface area contributed by atoms with E-state index in [1.54, 1.807) is 31.2 Å². The quantitative estimate of drug-likeness (QED) is 0.680. The molecule has 1 N–H and O–H groups in total. The second-order valence-corrected chi connectivity index (χ2v) is 6.40. The maximum Gasteiger partial charge on any atom is 0.255 e. The average Bonchev–Trinajstić information content (AvgIpc) is 3.14. The molecule has 2 amide bonds. The molecule has 0 saturated carbocycles. The van der Waals surface area contributed by atoms with Gasteiger partial charge in [-0.25, -0.2) is 4.39 Å². The molecule has 5 nitrogen and oxygen atoms in total. The number of carbonyl (C=O) groups excluding carboxylic acids is 2. The number of hydrogen-bond donors (Lipinski definition) is 1. The van der Waals surface area contributed by atoms with Gasteiger partial charge in [-0.2, -0.15) is 0 Å². The molecule has 3 rings (SSSR count). The minimum atomic E-state index is -0.384. The highest BCUT2D eigenvalue weighted by molar-refractivity contribution is 5.97. The van der Waals surface area contributed by atoms with Crippen LogP contribution >= 0.6 is 0 Å². The summed E-state index contributed by atoms with van der Waals surface area (Å²) < 4.78 is 19.2. The van der Waals surface area contributed by atoms with Crippen molar-refractivity contribution in [1.82, 2.24) is 10.2 Å². The molecule has 3 aromatic rings. The van der Waals surface area contributed by atoms with E-state index in [-0.39, 0.29) is 30.7 Å². The van der Waals surface area contributed by atoms with Crippen LogP contribution in [0.2, 0.25) is 0 Å². The molecule has 1 aromatic heterocycles. The fourth-order valence-corrected chi connectivity index (χ4v) is 2.85. The van der Waals surface area contributed by atoms with E-state index in [4.69, 9.17) is 4.42 Å². The molecule has 1 heterocycles. The average molecular weight is 380 g/mol. The Morgan fingerprint density at radius 1 is 1.00 bits per heavy atom. The zero-order valence-corrected chi connectivity index (χ0v) is 15.5. The van der Waals surface area contributed by atoms with Crippen molar-refractivity contribution in [2.45, 2.75) is 20.0 Å². The summed E-state index contributed by atoms with van der Waals surface area (Å²) in [5, 5.41) is 2.61. The van der Waals surface area contributed by atoms with Gasteiger partial charge in [-0.1, -0.05) is 48.5 Å². The second kappa shape index (κ2) is 8.99. The van der Waals surface area contributed by atoms with Gasteiger partial charge in [0.25, 0.3) is 5.91 Å². The second-order valence-electron chi connectivity index (χ2n) is 6.40. The molecule has 0 spiro atoms. The lowest BCUT2D eigenvalue weighted by Crippen LogP contribution is -2.39. The fraction of sp³-hybridized carbons (Fsp3) is 0.182. The van der Waals surface area contributed by atoms with Crippen molar-refractivity contribution in [3.63, 3.8) is 0 Å². The third-order valence-electron chi connectivity index (χ3n) is 4.39. The molecule has 0 bridgehead atoms. The SMILES string of the molecule is Cc1occc1C(=O)NCC(=O)N(Cc1ccccc1)Cc1ccccc1F. The number of benzene rings is 2. The van der Waals surface area contributed by atoms with Gasteiger partial charge in [-0.15, -0.1) is 0 Å². The van der Waals surface area contributed by atoms with Crippen LogP contribution in [-0.4, -0.2) is 23.3 Å². The lowest BCUT2D eigenvalue weighted by atomic mass is 10.1. The molecule has 144 valence electrons. The van der Waals surface area contributed by atoms with Gasteiger partial charge in [0.1, 0.15) is 11.6 Å². The number of aryl methyl sites for hydroxylation is 1. The van der Waals surface area contributed by atoms with Gasteiger partial charge in [0.05, 0.1) is 18.4 Å². The van der Waals surface area contributed by atoms with Crippen LogP contribution in [0.15, 0.2) is 71.3 Å². The lowest BCUT2D eigenvalue weighted by molar-refractivity contribution is -0.131. The molecule has 0 unspecified atom stereocenters. The summed E-state index contributed by atoms with van der Waals surface area (Å²) in [6, 6.07) is 17.3. The normalized spacial score (nSPS) is 10.5. The molecular formula is C22H21FN2O3. The van der Waals surface area contributed by atoms with Crippen molar-refractivity contribution in [3.8, 4) is 0 Å². The first-order valence-electron chi connectivity index (χ1n) is 8.92. The van der Waals surface area contributed by atoms with Crippen LogP contribution in [0.5, 0.6) is 0 Å². The van der Waals surface area contributed by atoms with Crippen LogP contribution in [0, 0.1) is 12.7 Å². The van der Waals surface area contributed by atoms with E-state index < -0.39 is 0 Å². The van der Waals surface area contributed by atoms with Gasteiger partial charge in [-0.05, 0) is 24.6 Å². The minimum absolute atomic E-state index is 0.112. The van der Waals surface area contributed by atoms with Gasteiger partial charge in [0.15, 0.2) is 0 Å². The molecule has 6 heteroatoms. The molecule has 0 saturated heterocycles. The third-order valence-corrected chi connectivity index (χ3v) is 4.39. The van der Waals surface area contributed by atoms with Crippen LogP contribution < -0.4 is 5.32 Å². The molecule has 0 aliphatic rings. The molecular weight excluding hydrogens is 359 g/mol. The Labute approximate surface area is 162 Å². The summed E-state index contributed by atoms with van der Waals surface area (Å²) in [5.41, 5.74) is 1.73. The zero-order valence-electron chi connectivity index (χ0n) is 15.5. The van der Waals surface area contributed by atoms with Crippen LogP contribution in [0.4, 0.5) is 4.39 Å². The van der Waals surface area contributed by atoms with E-state index in [0.717, 1.165) is 5.56 Å². The minimum Gasteiger partial charge on any atom is -0.469 e. The number of carbonyl (C=O) groups is 2. The Morgan fingerprint density at radius 3 is 2.39 bits per heavy atom. The molecule has 2 aromatic carbocycles. The van der Waals surface area contributed by atoms with Gasteiger partial charge in [0.2, 0.25) is 5.91 Å². The van der Waals surface area contributed by atoms with Gasteiger partial charge in [-0.3, -0.25) is 9.59 Å². The predicted octanol–water partition coefficient (Wildman–Crippen LogP) is 3.69. The predicted molar refractivity (Wildman–Crippen MR) is 103 cm³/mol. The highest BCUT2D eigenvalue weighted by atomic mass is 19.1. The summed E-state index contributed by atoms with van der Waals surface area (Å²) in [5.74, 6) is -0.573. The summed E-state index contributed by atoms with van der Waals surface area (Å²) >= 11 is 0. The maximum atomic E-state index is 14.1. The summed E-state index contributed by atoms with van der Waals surface area (Å²) in [7, 11) is 0. The summed E-state index contributed by atoms with van der Waals surface area (Å²) in [6.07, 6.45) is 1.42. The monoisotopic (exact) mass is 380 g/mol. The number of furan rings is 1. The first-order chi connectivity index (χ1) is 13.5. The van der Waals surface area contributed by atoms with E-state index in [2.05, 4.69) is 5.32 Å². The van der Waals surface area contributed by atoms with E-state index in [0.29, 0.717) is 23.4 Å². The fourth-order valence-electron chi connectivity index (χ4n) is 2.85. The van der Waals surface area contributed by atoms with Crippen LogP contribution in [0.1, 0.15) is 27.2 Å². The Morgan fingerprint density at radius 2 is 1.71 bits per heavy atom. The van der Waals surface area contributed by atoms with E-state index in [9.17, 15) is 14.0 Å². The molecule has 28 heavy (non-hydrogen) atoms. The Kier molecular flexibility index (Phi) is 6.22. The Bertz CT molecular complexity index is 953. The number of hydrogen-bond acceptors (Lipinski definition) is 3. The Hall–Kier alpha value is -3.41. The summed E-state index contributed by atoms with van der Waals surface area (Å²) in [4.78, 5) is 26.5. The van der Waals surface area contributed by atoms with Gasteiger partial charge < -0.3 is 14.6 Å². The van der Waals surface area contributed by atoms with Gasteiger partial charge in [0, 0.05) is 18.7 Å². The largest absolute Gasteiger partial charge is 0.469 e. The van der Waals surface area contributed by atoms with E-state index >= 15 is 0 Å². The molecule has 0 radical (unpaired) electrons. The molecule has 0 aliphatic carbocycles. The number of nitrogens with one attached hydrogen (secondary N) is 1. The number of amides is 2. The van der Waals surface area contributed by atoms with Crippen molar-refractivity contribution in [1.29, 1.82) is 0 Å². The smallest absolute Gasteiger partial charge is 0.255 e. The Balaban J connectivity index is 1.71. The first-order valence-corrected chi connectivity index (χ1v) is 8.92. The van der Waals surface area contributed by atoms with E-state index in [1.165, 1.54) is 17.2 Å². The highest BCUT2D eigenvalue weighted by Gasteiger charge is 2.18. The molecule has 0 atom stereocenters. The first kappa shape index (κ1) is 19.4. The highest BCUT2D eigenvalue weighted by Crippen LogP contribution is 2.14. The lowest BCUT2D eigenvalue weighted by Gasteiger charge is -2.23. The topological polar surface area (TPSA) is 62.6 Å². The third kappa shape index (κ3) is 4.85. The van der Waals surface area contributed by atoms with E-state index in [1.807, 2.05) is 30.3 Å². The van der Waals surface area contributed by atoms with Gasteiger partial charge >= 0.3 is 0 Å².